The molecule has 2 aromatic carbocycles. The zero-order chi connectivity index (χ0) is 13.3. The maximum absolute atomic E-state index is 6.47. The summed E-state index contributed by atoms with van der Waals surface area (Å²) < 4.78 is 0. The van der Waals surface area contributed by atoms with Crippen molar-refractivity contribution in [1.82, 2.24) is 0 Å². The maximum Gasteiger partial charge on any atom is 0.0838 e. The van der Waals surface area contributed by atoms with Crippen molar-refractivity contribution in [1.29, 1.82) is 0 Å². The summed E-state index contributed by atoms with van der Waals surface area (Å²) in [5.74, 6) is 0. The second-order valence-electron chi connectivity index (χ2n) is 4.04. The lowest BCUT2D eigenvalue weighted by Gasteiger charge is -2.14. The molecule has 0 aliphatic carbocycles. The summed E-state index contributed by atoms with van der Waals surface area (Å²) in [6.45, 7) is 1.98. The lowest BCUT2D eigenvalue weighted by molar-refractivity contribution is 1.11. The molecule has 4 heteroatoms. The van der Waals surface area contributed by atoms with E-state index in [2.05, 4.69) is 0 Å². The first kappa shape index (κ1) is 14.0. The van der Waals surface area contributed by atoms with Crippen LogP contribution in [-0.2, 0) is 0 Å². The highest BCUT2D eigenvalue weighted by Crippen LogP contribution is 2.35. The number of halogens is 4. The lowest BCUT2D eigenvalue weighted by Crippen LogP contribution is -1.96. The van der Waals surface area contributed by atoms with Crippen LogP contribution in [0.15, 0.2) is 36.4 Å². The molecule has 0 saturated heterocycles. The van der Waals surface area contributed by atoms with Gasteiger partial charge in [0, 0.05) is 5.02 Å². The fraction of sp³-hybridized carbons (Fsp3) is 0.143. The van der Waals surface area contributed by atoms with Gasteiger partial charge in [-0.3, -0.25) is 0 Å². The Balaban J connectivity index is 2.41. The molecule has 0 aromatic heterocycles. The average Bonchev–Trinajstić information content (AvgIpc) is 2.32. The molecule has 0 bridgehead atoms. The van der Waals surface area contributed by atoms with E-state index in [1.54, 1.807) is 12.1 Å². The highest BCUT2D eigenvalue weighted by atomic mass is 35.5. The maximum atomic E-state index is 6.47. The third-order valence-corrected chi connectivity index (χ3v) is 4.20. The predicted octanol–water partition coefficient (Wildman–Crippen LogP) is 6.28. The van der Waals surface area contributed by atoms with Gasteiger partial charge in [-0.2, -0.15) is 0 Å². The fourth-order valence-corrected chi connectivity index (χ4v) is 2.69. The van der Waals surface area contributed by atoms with Gasteiger partial charge in [0.1, 0.15) is 0 Å². The summed E-state index contributed by atoms with van der Waals surface area (Å²) in [6.07, 6.45) is 0. The van der Waals surface area contributed by atoms with Gasteiger partial charge in [-0.25, -0.2) is 0 Å². The van der Waals surface area contributed by atoms with Gasteiger partial charge in [0.15, 0.2) is 0 Å². The molecule has 94 valence electrons. The van der Waals surface area contributed by atoms with Crippen LogP contribution >= 0.6 is 46.4 Å². The Morgan fingerprint density at radius 3 is 2.22 bits per heavy atom. The zero-order valence-electron chi connectivity index (χ0n) is 9.55. The van der Waals surface area contributed by atoms with Gasteiger partial charge in [-0.05, 0) is 47.9 Å². The number of aryl methyl sites for hydroxylation is 1. The average molecular weight is 320 g/mol. The fourth-order valence-electron chi connectivity index (χ4n) is 1.77. The number of benzene rings is 2. The van der Waals surface area contributed by atoms with Crippen molar-refractivity contribution < 1.29 is 0 Å². The molecular weight excluding hydrogens is 310 g/mol. The Kier molecular flexibility index (Phi) is 4.45. The molecule has 0 spiro atoms. The Morgan fingerprint density at radius 1 is 0.889 bits per heavy atom. The first-order valence-corrected chi connectivity index (χ1v) is 6.91. The van der Waals surface area contributed by atoms with E-state index in [4.69, 9.17) is 46.4 Å². The minimum atomic E-state index is -0.267. The van der Waals surface area contributed by atoms with Gasteiger partial charge in [0.2, 0.25) is 0 Å². The van der Waals surface area contributed by atoms with Crippen molar-refractivity contribution in [2.75, 3.05) is 0 Å². The molecule has 0 aliphatic rings. The minimum Gasteiger partial charge on any atom is -0.113 e. The van der Waals surface area contributed by atoms with E-state index in [9.17, 15) is 0 Å². The normalized spacial score (nSPS) is 12.5. The first-order valence-electron chi connectivity index (χ1n) is 5.34. The SMILES string of the molecule is Cc1cc(Cl)ccc1C(Cl)c1ccc(Cl)c(Cl)c1. The van der Waals surface area contributed by atoms with Crippen LogP contribution in [0, 0.1) is 6.92 Å². The quantitative estimate of drug-likeness (QED) is 0.571. The molecule has 2 aromatic rings. The summed E-state index contributed by atoms with van der Waals surface area (Å²) in [6, 6.07) is 11.1. The van der Waals surface area contributed by atoms with Crippen LogP contribution in [0.25, 0.3) is 0 Å². The Morgan fingerprint density at radius 2 is 1.61 bits per heavy atom. The number of rotatable bonds is 2. The second kappa shape index (κ2) is 5.71. The Labute approximate surface area is 126 Å². The van der Waals surface area contributed by atoms with Gasteiger partial charge < -0.3 is 0 Å². The highest BCUT2D eigenvalue weighted by molar-refractivity contribution is 6.42. The molecule has 0 heterocycles. The topological polar surface area (TPSA) is 0 Å². The van der Waals surface area contributed by atoms with Crippen LogP contribution in [0.2, 0.25) is 15.1 Å². The van der Waals surface area contributed by atoms with Crippen molar-refractivity contribution in [3.8, 4) is 0 Å². The van der Waals surface area contributed by atoms with Gasteiger partial charge in [0.05, 0.1) is 15.4 Å². The predicted molar refractivity (Wildman–Crippen MR) is 80.3 cm³/mol. The number of hydrogen-bond donors (Lipinski definition) is 0. The van der Waals surface area contributed by atoms with Crippen molar-refractivity contribution in [3.63, 3.8) is 0 Å². The van der Waals surface area contributed by atoms with Gasteiger partial charge in [-0.15, -0.1) is 11.6 Å². The van der Waals surface area contributed by atoms with E-state index >= 15 is 0 Å². The monoisotopic (exact) mass is 318 g/mol. The van der Waals surface area contributed by atoms with Gasteiger partial charge >= 0.3 is 0 Å². The van der Waals surface area contributed by atoms with Crippen molar-refractivity contribution in [2.24, 2.45) is 0 Å². The van der Waals surface area contributed by atoms with Crippen LogP contribution < -0.4 is 0 Å². The standard InChI is InChI=1S/C14H10Cl4/c1-8-6-10(15)3-4-11(8)14(18)9-2-5-12(16)13(17)7-9/h2-7,14H,1H3. The van der Waals surface area contributed by atoms with E-state index in [1.807, 2.05) is 31.2 Å². The van der Waals surface area contributed by atoms with Crippen molar-refractivity contribution in [3.05, 3.63) is 68.2 Å². The summed E-state index contributed by atoms with van der Waals surface area (Å²) >= 11 is 24.3. The molecule has 18 heavy (non-hydrogen) atoms. The van der Waals surface area contributed by atoms with Crippen LogP contribution in [0.1, 0.15) is 22.1 Å². The molecule has 0 fully saturated rings. The molecule has 0 N–H and O–H groups in total. The Hall–Kier alpha value is -0.400. The smallest absolute Gasteiger partial charge is 0.0838 e. The van der Waals surface area contributed by atoms with E-state index < -0.39 is 0 Å². The minimum absolute atomic E-state index is 0.267. The molecular formula is C14H10Cl4. The third-order valence-electron chi connectivity index (χ3n) is 2.74. The molecule has 0 saturated carbocycles. The van der Waals surface area contributed by atoms with Crippen molar-refractivity contribution in [2.45, 2.75) is 12.3 Å². The summed E-state index contributed by atoms with van der Waals surface area (Å²) in [5, 5.41) is 1.47. The summed E-state index contributed by atoms with van der Waals surface area (Å²) in [4.78, 5) is 0. The highest BCUT2D eigenvalue weighted by Gasteiger charge is 2.14. The summed E-state index contributed by atoms with van der Waals surface area (Å²) in [7, 11) is 0. The molecule has 2 rings (SSSR count). The molecule has 0 radical (unpaired) electrons. The third kappa shape index (κ3) is 2.95. The molecule has 0 amide bonds. The molecule has 1 unspecified atom stereocenters. The second-order valence-corrected chi connectivity index (χ2v) is 5.72. The van der Waals surface area contributed by atoms with Gasteiger partial charge in [-0.1, -0.05) is 46.9 Å². The summed E-state index contributed by atoms with van der Waals surface area (Å²) in [5.41, 5.74) is 2.98. The van der Waals surface area contributed by atoms with Crippen LogP contribution in [-0.4, -0.2) is 0 Å². The molecule has 1 atom stereocenters. The first-order chi connectivity index (χ1) is 8.49. The van der Waals surface area contributed by atoms with E-state index in [0.29, 0.717) is 15.1 Å². The van der Waals surface area contributed by atoms with Crippen molar-refractivity contribution >= 4 is 46.4 Å². The molecule has 0 aliphatic heterocycles. The van der Waals surface area contributed by atoms with Gasteiger partial charge in [0.25, 0.3) is 0 Å². The number of alkyl halides is 1. The van der Waals surface area contributed by atoms with E-state index in [-0.39, 0.29) is 5.38 Å². The van der Waals surface area contributed by atoms with E-state index in [0.717, 1.165) is 16.7 Å². The van der Waals surface area contributed by atoms with Crippen LogP contribution in [0.4, 0.5) is 0 Å². The lowest BCUT2D eigenvalue weighted by atomic mass is 10.00. The van der Waals surface area contributed by atoms with Crippen LogP contribution in [0.3, 0.4) is 0 Å². The van der Waals surface area contributed by atoms with E-state index in [1.165, 1.54) is 0 Å². The Bertz CT molecular complexity index is 578. The van der Waals surface area contributed by atoms with Crippen LogP contribution in [0.5, 0.6) is 0 Å². The molecule has 0 nitrogen and oxygen atoms in total. The largest absolute Gasteiger partial charge is 0.113 e. The number of hydrogen-bond acceptors (Lipinski definition) is 0. The zero-order valence-corrected chi connectivity index (χ0v) is 12.6.